The van der Waals surface area contributed by atoms with Gasteiger partial charge in [0, 0.05) is 62.3 Å². The van der Waals surface area contributed by atoms with E-state index >= 15 is 0 Å². The number of H-pyrrole nitrogens is 1. The summed E-state index contributed by atoms with van der Waals surface area (Å²) < 4.78 is 39.3. The number of carbonyl (C=O) groups excluding carboxylic acids is 2. The lowest BCUT2D eigenvalue weighted by Crippen LogP contribution is -2.64. The van der Waals surface area contributed by atoms with Gasteiger partial charge in [0.05, 0.1) is 4.47 Å². The maximum absolute atomic E-state index is 13.0. The molecule has 2 saturated heterocycles. The van der Waals surface area contributed by atoms with Crippen molar-refractivity contribution in [1.82, 2.24) is 29.7 Å². The SMILES string of the molecule is O=C(c1nccs1)N1CC(N2CCN(C(=O)c3[nH]c4nc(C(F)(F)F)ccc4c3Br)CC2)C1. The molecule has 3 aromatic rings. The van der Waals surface area contributed by atoms with Crippen LogP contribution in [0.25, 0.3) is 11.0 Å². The third-order valence-corrected chi connectivity index (χ3v) is 7.57. The van der Waals surface area contributed by atoms with E-state index in [1.54, 1.807) is 21.4 Å². The Morgan fingerprint density at radius 1 is 1.09 bits per heavy atom. The number of fused-ring (bicyclic) bond motifs is 1. The van der Waals surface area contributed by atoms with Gasteiger partial charge in [-0.3, -0.25) is 14.5 Å². The minimum Gasteiger partial charge on any atom is -0.335 e. The van der Waals surface area contributed by atoms with Crippen LogP contribution in [0.4, 0.5) is 13.2 Å². The summed E-state index contributed by atoms with van der Waals surface area (Å²) in [5.74, 6) is -0.344. The largest absolute Gasteiger partial charge is 0.433 e. The van der Waals surface area contributed by atoms with E-state index in [1.807, 2.05) is 0 Å². The number of aromatic amines is 1. The zero-order valence-electron chi connectivity index (χ0n) is 17.1. The second-order valence-electron chi connectivity index (χ2n) is 7.93. The number of thiazole rings is 1. The van der Waals surface area contributed by atoms with Crippen LogP contribution in [0.3, 0.4) is 0 Å². The fraction of sp³-hybridized carbons (Fsp3) is 0.400. The number of aromatic nitrogens is 3. The number of hydrogen-bond donors (Lipinski definition) is 1. The minimum atomic E-state index is -4.56. The van der Waals surface area contributed by atoms with Crippen LogP contribution in [-0.2, 0) is 6.18 Å². The van der Waals surface area contributed by atoms with E-state index in [-0.39, 0.29) is 29.2 Å². The minimum absolute atomic E-state index is 0.0122. The van der Waals surface area contributed by atoms with Crippen molar-refractivity contribution >= 4 is 50.1 Å². The number of halogens is 4. The zero-order chi connectivity index (χ0) is 23.3. The van der Waals surface area contributed by atoms with E-state index in [4.69, 9.17) is 0 Å². The van der Waals surface area contributed by atoms with Gasteiger partial charge in [0.15, 0.2) is 5.01 Å². The van der Waals surface area contributed by atoms with Crippen molar-refractivity contribution in [1.29, 1.82) is 0 Å². The second kappa shape index (κ2) is 8.37. The quantitative estimate of drug-likeness (QED) is 0.549. The molecule has 0 spiro atoms. The number of piperazine rings is 1. The van der Waals surface area contributed by atoms with Crippen molar-refractivity contribution in [3.63, 3.8) is 0 Å². The Hall–Kier alpha value is -2.51. The Bertz CT molecular complexity index is 1200. The van der Waals surface area contributed by atoms with Crippen LogP contribution in [-0.4, -0.2) is 86.8 Å². The summed E-state index contributed by atoms with van der Waals surface area (Å²) in [6, 6.07) is 2.45. The molecule has 0 aliphatic carbocycles. The molecule has 0 saturated carbocycles. The van der Waals surface area contributed by atoms with Crippen molar-refractivity contribution in [2.24, 2.45) is 0 Å². The van der Waals surface area contributed by atoms with Crippen LogP contribution < -0.4 is 0 Å². The van der Waals surface area contributed by atoms with Crippen LogP contribution in [0, 0.1) is 0 Å². The highest BCUT2D eigenvalue weighted by atomic mass is 79.9. The highest BCUT2D eigenvalue weighted by Crippen LogP contribution is 2.33. The van der Waals surface area contributed by atoms with E-state index in [9.17, 15) is 22.8 Å². The Morgan fingerprint density at radius 3 is 2.45 bits per heavy atom. The van der Waals surface area contributed by atoms with Crippen LogP contribution in [0.2, 0.25) is 0 Å². The lowest BCUT2D eigenvalue weighted by Gasteiger charge is -2.47. The lowest BCUT2D eigenvalue weighted by atomic mass is 10.1. The van der Waals surface area contributed by atoms with Crippen LogP contribution in [0.15, 0.2) is 28.2 Å². The number of carbonyl (C=O) groups is 2. The molecule has 0 aromatic carbocycles. The van der Waals surface area contributed by atoms with Crippen molar-refractivity contribution in [2.45, 2.75) is 12.2 Å². The summed E-state index contributed by atoms with van der Waals surface area (Å²) in [6.45, 7) is 3.55. The number of pyridine rings is 1. The number of rotatable bonds is 3. The summed E-state index contributed by atoms with van der Waals surface area (Å²) in [6.07, 6.45) is -2.95. The summed E-state index contributed by atoms with van der Waals surface area (Å²) in [5, 5.41) is 2.69. The Balaban J connectivity index is 1.20. The Kier molecular flexibility index (Phi) is 5.65. The van der Waals surface area contributed by atoms with Crippen molar-refractivity contribution in [3.05, 3.63) is 44.6 Å². The van der Waals surface area contributed by atoms with Gasteiger partial charge in [-0.1, -0.05) is 0 Å². The van der Waals surface area contributed by atoms with E-state index in [2.05, 4.69) is 35.8 Å². The molecule has 33 heavy (non-hydrogen) atoms. The molecule has 2 amide bonds. The molecular weight excluding hydrogens is 525 g/mol. The second-order valence-corrected chi connectivity index (χ2v) is 9.62. The fourth-order valence-corrected chi connectivity index (χ4v) is 5.30. The van der Waals surface area contributed by atoms with Gasteiger partial charge in [0.25, 0.3) is 11.8 Å². The van der Waals surface area contributed by atoms with Gasteiger partial charge < -0.3 is 14.8 Å². The summed E-state index contributed by atoms with van der Waals surface area (Å²) in [7, 11) is 0. The average Bonchev–Trinajstić information content (AvgIpc) is 3.40. The molecule has 0 bridgehead atoms. The van der Waals surface area contributed by atoms with E-state index < -0.39 is 11.9 Å². The molecule has 8 nitrogen and oxygen atoms in total. The standard InChI is InChI=1S/C20H18BrF3N6O2S/c21-14-12-1-2-13(20(22,23)24)26-16(12)27-15(14)18(31)29-6-4-28(5-7-29)11-9-30(10-11)19(32)17-25-3-8-33-17/h1-3,8,11H,4-7,9-10H2,(H,26,27). The number of amides is 2. The van der Waals surface area contributed by atoms with E-state index in [0.717, 1.165) is 6.07 Å². The number of alkyl halides is 3. The van der Waals surface area contributed by atoms with Gasteiger partial charge >= 0.3 is 6.18 Å². The van der Waals surface area contributed by atoms with Crippen molar-refractivity contribution in [3.8, 4) is 0 Å². The number of hydrogen-bond acceptors (Lipinski definition) is 6. The van der Waals surface area contributed by atoms with E-state index in [0.29, 0.717) is 54.1 Å². The number of likely N-dealkylation sites (tertiary alicyclic amines) is 1. The first-order valence-electron chi connectivity index (χ1n) is 10.2. The van der Waals surface area contributed by atoms with Crippen molar-refractivity contribution < 1.29 is 22.8 Å². The smallest absolute Gasteiger partial charge is 0.335 e. The highest BCUT2D eigenvalue weighted by Gasteiger charge is 2.38. The molecule has 5 rings (SSSR count). The third-order valence-electron chi connectivity index (χ3n) is 5.98. The molecule has 13 heteroatoms. The molecule has 2 aliphatic heterocycles. The molecule has 1 N–H and O–H groups in total. The van der Waals surface area contributed by atoms with Crippen LogP contribution >= 0.6 is 27.3 Å². The predicted octanol–water partition coefficient (Wildman–Crippen LogP) is 3.08. The molecule has 5 heterocycles. The van der Waals surface area contributed by atoms with Crippen LogP contribution in [0.1, 0.15) is 26.0 Å². The van der Waals surface area contributed by atoms with Gasteiger partial charge in [0.2, 0.25) is 0 Å². The average molecular weight is 543 g/mol. The summed E-state index contributed by atoms with van der Waals surface area (Å²) in [4.78, 5) is 41.5. The molecule has 2 aliphatic rings. The molecule has 0 radical (unpaired) electrons. The first kappa shape index (κ1) is 22.3. The lowest BCUT2D eigenvalue weighted by molar-refractivity contribution is -0.141. The molecule has 0 atom stereocenters. The third kappa shape index (κ3) is 4.13. The maximum Gasteiger partial charge on any atom is 0.433 e. The van der Waals surface area contributed by atoms with Crippen LogP contribution in [0.5, 0.6) is 0 Å². The highest BCUT2D eigenvalue weighted by molar-refractivity contribution is 9.10. The Morgan fingerprint density at radius 2 is 1.82 bits per heavy atom. The fourth-order valence-electron chi connectivity index (χ4n) is 4.11. The first-order chi connectivity index (χ1) is 15.7. The topological polar surface area (TPSA) is 85.4 Å². The number of nitrogens with zero attached hydrogens (tertiary/aromatic N) is 5. The van der Waals surface area contributed by atoms with Gasteiger partial charge in [-0.15, -0.1) is 11.3 Å². The van der Waals surface area contributed by atoms with Gasteiger partial charge in [-0.05, 0) is 28.1 Å². The monoisotopic (exact) mass is 542 g/mol. The normalized spacial score (nSPS) is 18.1. The molecule has 3 aromatic heterocycles. The molecule has 2 fully saturated rings. The van der Waals surface area contributed by atoms with Gasteiger partial charge in [0.1, 0.15) is 17.0 Å². The molecule has 174 valence electrons. The maximum atomic E-state index is 13.0. The van der Waals surface area contributed by atoms with E-state index in [1.165, 1.54) is 17.4 Å². The zero-order valence-corrected chi connectivity index (χ0v) is 19.5. The Labute approximate surface area is 198 Å². The molecular formula is C20H18BrF3N6O2S. The predicted molar refractivity (Wildman–Crippen MR) is 118 cm³/mol. The summed E-state index contributed by atoms with van der Waals surface area (Å²) in [5.41, 5.74) is -0.813. The summed E-state index contributed by atoms with van der Waals surface area (Å²) >= 11 is 4.66. The number of nitrogens with one attached hydrogen (secondary N) is 1. The van der Waals surface area contributed by atoms with Gasteiger partial charge in [-0.25, -0.2) is 9.97 Å². The molecule has 0 unspecified atom stereocenters. The van der Waals surface area contributed by atoms with Gasteiger partial charge in [-0.2, -0.15) is 13.2 Å². The first-order valence-corrected chi connectivity index (χ1v) is 11.9. The van der Waals surface area contributed by atoms with Crippen molar-refractivity contribution in [2.75, 3.05) is 39.3 Å².